The Hall–Kier alpha value is -0.500. The fraction of sp³-hybridized carbons (Fsp3) is 0.833. The Morgan fingerprint density at radius 1 is 1.07 bits per heavy atom. The molecule has 0 radical (unpaired) electrons. The normalized spacial score (nSPS) is 22.8. The zero-order valence-corrected chi connectivity index (χ0v) is 10.2. The molecular formula is C12H24N2. The third-order valence-electron chi connectivity index (χ3n) is 3.05. The maximum Gasteiger partial charge on any atom is 0.0384 e. The summed E-state index contributed by atoms with van der Waals surface area (Å²) < 4.78 is 0. The lowest BCUT2D eigenvalue weighted by molar-refractivity contribution is 0.128. The highest BCUT2D eigenvalue weighted by Crippen LogP contribution is 2.17. The van der Waals surface area contributed by atoms with Crippen LogP contribution in [0.1, 0.15) is 34.6 Å². The predicted octanol–water partition coefficient (Wildman–Crippen LogP) is 2.32. The Kier molecular flexibility index (Phi) is 3.99. The van der Waals surface area contributed by atoms with Crippen molar-refractivity contribution in [3.63, 3.8) is 0 Å². The molecule has 2 nitrogen and oxygen atoms in total. The van der Waals surface area contributed by atoms with Crippen molar-refractivity contribution in [3.05, 3.63) is 11.8 Å². The number of allylic oxidation sites excluding steroid dienone is 1. The first-order valence-electron chi connectivity index (χ1n) is 5.72. The van der Waals surface area contributed by atoms with E-state index in [-0.39, 0.29) is 0 Å². The molecule has 1 heterocycles. The first kappa shape index (κ1) is 11.6. The second-order valence-corrected chi connectivity index (χ2v) is 4.63. The van der Waals surface area contributed by atoms with Crippen molar-refractivity contribution in [2.24, 2.45) is 0 Å². The molecule has 0 aromatic rings. The number of nitrogens with zero attached hydrogens (tertiary/aromatic N) is 2. The van der Waals surface area contributed by atoms with Crippen LogP contribution in [0.25, 0.3) is 0 Å². The zero-order valence-electron chi connectivity index (χ0n) is 10.2. The molecule has 0 saturated carbocycles. The van der Waals surface area contributed by atoms with Crippen LogP contribution in [0, 0.1) is 0 Å². The minimum absolute atomic E-state index is 0.635. The lowest BCUT2D eigenvalue weighted by Gasteiger charge is -2.42. The zero-order chi connectivity index (χ0) is 10.7. The van der Waals surface area contributed by atoms with Crippen LogP contribution in [-0.2, 0) is 0 Å². The summed E-state index contributed by atoms with van der Waals surface area (Å²) in [6.45, 7) is 14.7. The van der Waals surface area contributed by atoms with E-state index in [2.05, 4.69) is 50.5 Å². The van der Waals surface area contributed by atoms with Crippen molar-refractivity contribution in [3.8, 4) is 0 Å². The summed E-state index contributed by atoms with van der Waals surface area (Å²) in [5.41, 5.74) is 1.49. The third-order valence-corrected chi connectivity index (χ3v) is 3.05. The average molecular weight is 196 g/mol. The van der Waals surface area contributed by atoms with Gasteiger partial charge in [-0.15, -0.1) is 0 Å². The summed E-state index contributed by atoms with van der Waals surface area (Å²) in [4.78, 5) is 5.05. The molecule has 2 heteroatoms. The van der Waals surface area contributed by atoms with Gasteiger partial charge in [-0.2, -0.15) is 0 Å². The van der Waals surface area contributed by atoms with Gasteiger partial charge in [-0.25, -0.2) is 0 Å². The first-order valence-corrected chi connectivity index (χ1v) is 5.72. The average Bonchev–Trinajstić information content (AvgIpc) is 2.16. The Labute approximate surface area is 88.6 Å². The van der Waals surface area contributed by atoms with E-state index in [4.69, 9.17) is 0 Å². The molecule has 0 amide bonds. The maximum absolute atomic E-state index is 2.54. The topological polar surface area (TPSA) is 6.48 Å². The fourth-order valence-corrected chi connectivity index (χ4v) is 2.05. The number of piperazine rings is 1. The smallest absolute Gasteiger partial charge is 0.0384 e. The quantitative estimate of drug-likeness (QED) is 0.669. The van der Waals surface area contributed by atoms with Gasteiger partial charge in [0.1, 0.15) is 0 Å². The molecule has 0 N–H and O–H groups in total. The van der Waals surface area contributed by atoms with Crippen LogP contribution in [0.4, 0.5) is 0 Å². The van der Waals surface area contributed by atoms with Crippen molar-refractivity contribution in [1.82, 2.24) is 9.80 Å². The van der Waals surface area contributed by atoms with Gasteiger partial charge < -0.3 is 4.90 Å². The summed E-state index contributed by atoms with van der Waals surface area (Å²) in [5.74, 6) is 0. The van der Waals surface area contributed by atoms with E-state index in [9.17, 15) is 0 Å². The van der Waals surface area contributed by atoms with Crippen molar-refractivity contribution in [1.29, 1.82) is 0 Å². The Morgan fingerprint density at radius 2 is 1.71 bits per heavy atom. The molecule has 1 aliphatic rings. The highest BCUT2D eigenvalue weighted by molar-refractivity contribution is 5.07. The highest BCUT2D eigenvalue weighted by atomic mass is 15.3. The Balaban J connectivity index is 2.65. The second-order valence-electron chi connectivity index (χ2n) is 4.63. The van der Waals surface area contributed by atoms with Gasteiger partial charge in [0.15, 0.2) is 0 Å². The van der Waals surface area contributed by atoms with Crippen molar-refractivity contribution >= 4 is 0 Å². The third kappa shape index (κ3) is 2.50. The predicted molar refractivity (Wildman–Crippen MR) is 62.3 cm³/mol. The molecule has 0 aliphatic carbocycles. The monoisotopic (exact) mass is 196 g/mol. The second kappa shape index (κ2) is 4.83. The SMILES string of the molecule is C/C=C1/CN(C(C)C)CCN1C(C)C. The van der Waals surface area contributed by atoms with Crippen LogP contribution in [0.15, 0.2) is 11.8 Å². The lowest BCUT2D eigenvalue weighted by Crippen LogP contribution is -2.49. The fourth-order valence-electron chi connectivity index (χ4n) is 2.05. The molecule has 0 aromatic heterocycles. The number of rotatable bonds is 2. The van der Waals surface area contributed by atoms with Crippen LogP contribution in [-0.4, -0.2) is 41.5 Å². The van der Waals surface area contributed by atoms with Gasteiger partial charge in [0, 0.05) is 37.4 Å². The summed E-state index contributed by atoms with van der Waals surface area (Å²) in [7, 11) is 0. The minimum Gasteiger partial charge on any atom is -0.370 e. The lowest BCUT2D eigenvalue weighted by atomic mass is 10.1. The first-order chi connectivity index (χ1) is 6.56. The summed E-state index contributed by atoms with van der Waals surface area (Å²) in [5, 5.41) is 0. The molecule has 0 spiro atoms. The van der Waals surface area contributed by atoms with Crippen LogP contribution in [0.2, 0.25) is 0 Å². The molecule has 1 aliphatic heterocycles. The van der Waals surface area contributed by atoms with Gasteiger partial charge in [0.25, 0.3) is 0 Å². The van der Waals surface area contributed by atoms with Crippen LogP contribution < -0.4 is 0 Å². The summed E-state index contributed by atoms with van der Waals surface area (Å²) in [6, 6.07) is 1.30. The molecular weight excluding hydrogens is 172 g/mol. The van der Waals surface area contributed by atoms with Gasteiger partial charge in [-0.1, -0.05) is 6.08 Å². The molecule has 0 aromatic carbocycles. The maximum atomic E-state index is 2.54. The standard InChI is InChI=1S/C12H24N2/c1-6-12-9-13(10(2)3)7-8-14(12)11(4)5/h6,10-11H,7-9H2,1-5H3/b12-6-. The van der Waals surface area contributed by atoms with Gasteiger partial charge in [-0.3, -0.25) is 4.90 Å². The van der Waals surface area contributed by atoms with E-state index in [1.54, 1.807) is 0 Å². The minimum atomic E-state index is 0.635. The van der Waals surface area contributed by atoms with Crippen molar-refractivity contribution in [2.75, 3.05) is 19.6 Å². The van der Waals surface area contributed by atoms with E-state index < -0.39 is 0 Å². The van der Waals surface area contributed by atoms with Gasteiger partial charge in [0.2, 0.25) is 0 Å². The van der Waals surface area contributed by atoms with Crippen LogP contribution in [0.3, 0.4) is 0 Å². The molecule has 82 valence electrons. The van der Waals surface area contributed by atoms with E-state index in [0.717, 1.165) is 6.54 Å². The molecule has 14 heavy (non-hydrogen) atoms. The van der Waals surface area contributed by atoms with Crippen LogP contribution >= 0.6 is 0 Å². The molecule has 0 unspecified atom stereocenters. The molecule has 0 atom stereocenters. The van der Waals surface area contributed by atoms with Gasteiger partial charge in [-0.05, 0) is 34.6 Å². The number of hydrogen-bond donors (Lipinski definition) is 0. The van der Waals surface area contributed by atoms with Gasteiger partial charge in [0.05, 0.1) is 0 Å². The van der Waals surface area contributed by atoms with E-state index >= 15 is 0 Å². The number of hydrogen-bond acceptors (Lipinski definition) is 2. The Morgan fingerprint density at radius 3 is 2.14 bits per heavy atom. The molecule has 1 saturated heterocycles. The Bertz CT molecular complexity index is 206. The van der Waals surface area contributed by atoms with Crippen molar-refractivity contribution < 1.29 is 0 Å². The van der Waals surface area contributed by atoms with Crippen molar-refractivity contribution in [2.45, 2.75) is 46.7 Å². The van der Waals surface area contributed by atoms with Gasteiger partial charge >= 0.3 is 0 Å². The van der Waals surface area contributed by atoms with E-state index in [0.29, 0.717) is 12.1 Å². The summed E-state index contributed by atoms with van der Waals surface area (Å²) in [6.07, 6.45) is 2.26. The largest absolute Gasteiger partial charge is 0.370 e. The van der Waals surface area contributed by atoms with E-state index in [1.807, 2.05) is 0 Å². The van der Waals surface area contributed by atoms with E-state index in [1.165, 1.54) is 18.8 Å². The van der Waals surface area contributed by atoms with Crippen LogP contribution in [0.5, 0.6) is 0 Å². The molecule has 1 rings (SSSR count). The molecule has 1 fully saturated rings. The summed E-state index contributed by atoms with van der Waals surface area (Å²) >= 11 is 0. The molecule has 0 bridgehead atoms. The highest BCUT2D eigenvalue weighted by Gasteiger charge is 2.23.